The largest absolute Gasteiger partial charge is 0.489 e. The Morgan fingerprint density at radius 3 is 3.00 bits per heavy atom. The Labute approximate surface area is 123 Å². The van der Waals surface area contributed by atoms with Crippen molar-refractivity contribution in [1.82, 2.24) is 5.32 Å². The Morgan fingerprint density at radius 2 is 2.16 bits per heavy atom. The molecule has 104 valence electrons. The van der Waals surface area contributed by atoms with E-state index < -0.39 is 0 Å². The Bertz CT molecular complexity index is 469. The number of ether oxygens (including phenoxy) is 2. The fraction of sp³-hybridized carbons (Fsp3) is 0.571. The molecule has 2 aliphatic rings. The number of hydrogen-bond acceptors (Lipinski definition) is 4. The van der Waals surface area contributed by atoms with E-state index in [-0.39, 0.29) is 0 Å². The van der Waals surface area contributed by atoms with E-state index in [9.17, 15) is 0 Å². The standard InChI is InChI=1S/C14H18ClNO2S/c1-9-3-4-16-14(19-9)10-7-11(15)13-12(8-10)17-5-2-6-18-13/h7-9,14,16H,2-6H2,1H3. The third-order valence-corrected chi connectivity index (χ3v) is 5.07. The number of halogens is 1. The van der Waals surface area contributed by atoms with Gasteiger partial charge in [-0.1, -0.05) is 18.5 Å². The van der Waals surface area contributed by atoms with Crippen LogP contribution in [0.2, 0.25) is 5.02 Å². The first kappa shape index (κ1) is 13.4. The van der Waals surface area contributed by atoms with Gasteiger partial charge >= 0.3 is 0 Å². The topological polar surface area (TPSA) is 30.5 Å². The molecule has 2 aliphatic heterocycles. The summed E-state index contributed by atoms with van der Waals surface area (Å²) in [4.78, 5) is 0. The predicted octanol–water partition coefficient (Wildman–Crippen LogP) is 3.61. The number of hydrogen-bond donors (Lipinski definition) is 1. The summed E-state index contributed by atoms with van der Waals surface area (Å²) in [5.41, 5.74) is 1.17. The van der Waals surface area contributed by atoms with Crippen molar-refractivity contribution in [2.45, 2.75) is 30.4 Å². The molecular weight excluding hydrogens is 282 g/mol. The van der Waals surface area contributed by atoms with E-state index in [0.29, 0.717) is 34.6 Å². The van der Waals surface area contributed by atoms with Crippen molar-refractivity contribution in [1.29, 1.82) is 0 Å². The average molecular weight is 300 g/mol. The maximum atomic E-state index is 6.33. The van der Waals surface area contributed by atoms with Gasteiger partial charge in [-0.15, -0.1) is 11.8 Å². The molecule has 0 aromatic heterocycles. The van der Waals surface area contributed by atoms with Crippen molar-refractivity contribution >= 4 is 23.4 Å². The van der Waals surface area contributed by atoms with E-state index in [0.717, 1.165) is 18.7 Å². The third kappa shape index (κ3) is 2.96. The normalized spacial score (nSPS) is 26.8. The summed E-state index contributed by atoms with van der Waals surface area (Å²) in [7, 11) is 0. The molecule has 3 rings (SSSR count). The van der Waals surface area contributed by atoms with E-state index in [1.165, 1.54) is 12.0 Å². The van der Waals surface area contributed by atoms with Gasteiger partial charge in [-0.25, -0.2) is 0 Å². The van der Waals surface area contributed by atoms with Gasteiger partial charge in [0.2, 0.25) is 0 Å². The van der Waals surface area contributed by atoms with Crippen LogP contribution in [-0.4, -0.2) is 25.0 Å². The van der Waals surface area contributed by atoms with Crippen LogP contribution in [0.3, 0.4) is 0 Å². The lowest BCUT2D eigenvalue weighted by molar-refractivity contribution is 0.297. The van der Waals surface area contributed by atoms with Crippen LogP contribution < -0.4 is 14.8 Å². The lowest BCUT2D eigenvalue weighted by Crippen LogP contribution is -2.28. The summed E-state index contributed by atoms with van der Waals surface area (Å²) >= 11 is 8.27. The highest BCUT2D eigenvalue weighted by atomic mass is 35.5. The van der Waals surface area contributed by atoms with Crippen LogP contribution in [0.4, 0.5) is 0 Å². The molecule has 2 unspecified atom stereocenters. The highest BCUT2D eigenvalue weighted by molar-refractivity contribution is 8.00. The minimum Gasteiger partial charge on any atom is -0.489 e. The van der Waals surface area contributed by atoms with Gasteiger partial charge in [0.05, 0.1) is 23.6 Å². The molecule has 1 aromatic rings. The predicted molar refractivity (Wildman–Crippen MR) is 79.5 cm³/mol. The summed E-state index contributed by atoms with van der Waals surface area (Å²) in [6.45, 7) is 4.67. The van der Waals surface area contributed by atoms with Gasteiger partial charge in [0, 0.05) is 11.7 Å². The molecule has 0 bridgehead atoms. The van der Waals surface area contributed by atoms with E-state index in [4.69, 9.17) is 21.1 Å². The van der Waals surface area contributed by atoms with E-state index >= 15 is 0 Å². The number of thioether (sulfide) groups is 1. The number of benzene rings is 1. The van der Waals surface area contributed by atoms with E-state index in [1.807, 2.05) is 17.8 Å². The molecule has 0 amide bonds. The molecule has 0 spiro atoms. The van der Waals surface area contributed by atoms with Crippen molar-refractivity contribution in [3.05, 3.63) is 22.7 Å². The lowest BCUT2D eigenvalue weighted by Gasteiger charge is -2.28. The van der Waals surface area contributed by atoms with Gasteiger partial charge in [-0.2, -0.15) is 0 Å². The van der Waals surface area contributed by atoms with Crippen LogP contribution >= 0.6 is 23.4 Å². The number of nitrogens with one attached hydrogen (secondary N) is 1. The summed E-state index contributed by atoms with van der Waals surface area (Å²) in [5.74, 6) is 1.47. The zero-order chi connectivity index (χ0) is 13.2. The monoisotopic (exact) mass is 299 g/mol. The second kappa shape index (κ2) is 5.81. The average Bonchev–Trinajstić information content (AvgIpc) is 2.64. The number of rotatable bonds is 1. The molecule has 2 atom stereocenters. The SMILES string of the molecule is CC1CCNC(c2cc(Cl)c3c(c2)OCCCO3)S1. The van der Waals surface area contributed by atoms with Gasteiger partial charge in [0.25, 0.3) is 0 Å². The first-order valence-electron chi connectivity index (χ1n) is 6.72. The Kier molecular flexibility index (Phi) is 4.10. The minimum absolute atomic E-state index is 0.290. The van der Waals surface area contributed by atoms with Crippen LogP contribution in [0.25, 0.3) is 0 Å². The van der Waals surface area contributed by atoms with Gasteiger partial charge in [-0.3, -0.25) is 0 Å². The molecule has 19 heavy (non-hydrogen) atoms. The fourth-order valence-electron chi connectivity index (χ4n) is 2.36. The highest BCUT2D eigenvalue weighted by Crippen LogP contribution is 2.42. The summed E-state index contributed by atoms with van der Waals surface area (Å²) in [5, 5.41) is 5.13. The summed E-state index contributed by atoms with van der Waals surface area (Å²) in [6, 6.07) is 4.06. The van der Waals surface area contributed by atoms with Crippen LogP contribution in [0.5, 0.6) is 11.5 Å². The molecule has 0 aliphatic carbocycles. The second-order valence-corrected chi connectivity index (χ2v) is 6.91. The molecular formula is C14H18ClNO2S. The Hall–Kier alpha value is -0.580. The first-order chi connectivity index (χ1) is 9.24. The summed E-state index contributed by atoms with van der Waals surface area (Å²) in [6.07, 6.45) is 2.10. The van der Waals surface area contributed by atoms with Crippen molar-refractivity contribution in [2.24, 2.45) is 0 Å². The van der Waals surface area contributed by atoms with Crippen LogP contribution in [-0.2, 0) is 0 Å². The fourth-order valence-corrected chi connectivity index (χ4v) is 3.86. The van der Waals surface area contributed by atoms with Crippen molar-refractivity contribution in [2.75, 3.05) is 19.8 Å². The second-order valence-electron chi connectivity index (χ2n) is 4.95. The first-order valence-corrected chi connectivity index (χ1v) is 8.04. The smallest absolute Gasteiger partial charge is 0.179 e. The van der Waals surface area contributed by atoms with Crippen molar-refractivity contribution in [3.63, 3.8) is 0 Å². The number of fused-ring (bicyclic) bond motifs is 1. The van der Waals surface area contributed by atoms with Gasteiger partial charge in [0.1, 0.15) is 0 Å². The van der Waals surface area contributed by atoms with Gasteiger partial charge < -0.3 is 14.8 Å². The van der Waals surface area contributed by atoms with Gasteiger partial charge in [0.15, 0.2) is 11.5 Å². The van der Waals surface area contributed by atoms with Crippen molar-refractivity contribution in [3.8, 4) is 11.5 Å². The lowest BCUT2D eigenvalue weighted by atomic mass is 10.2. The minimum atomic E-state index is 0.290. The molecule has 1 fully saturated rings. The van der Waals surface area contributed by atoms with Crippen LogP contribution in [0.15, 0.2) is 12.1 Å². The summed E-state index contributed by atoms with van der Waals surface area (Å²) < 4.78 is 11.4. The third-order valence-electron chi connectivity index (χ3n) is 3.38. The van der Waals surface area contributed by atoms with E-state index in [2.05, 4.69) is 18.3 Å². The molecule has 1 aromatic carbocycles. The molecule has 3 nitrogen and oxygen atoms in total. The van der Waals surface area contributed by atoms with Crippen LogP contribution in [0, 0.1) is 0 Å². The Morgan fingerprint density at radius 1 is 1.32 bits per heavy atom. The molecule has 1 saturated heterocycles. The molecule has 0 radical (unpaired) electrons. The Balaban J connectivity index is 1.90. The highest BCUT2D eigenvalue weighted by Gasteiger charge is 2.23. The molecule has 1 N–H and O–H groups in total. The van der Waals surface area contributed by atoms with Crippen molar-refractivity contribution < 1.29 is 9.47 Å². The van der Waals surface area contributed by atoms with E-state index in [1.54, 1.807) is 0 Å². The molecule has 2 heterocycles. The van der Waals surface area contributed by atoms with Gasteiger partial charge in [-0.05, 0) is 30.7 Å². The van der Waals surface area contributed by atoms with Crippen LogP contribution in [0.1, 0.15) is 30.7 Å². The zero-order valence-corrected chi connectivity index (χ0v) is 12.5. The molecule has 0 saturated carbocycles. The quantitative estimate of drug-likeness (QED) is 0.858. The maximum Gasteiger partial charge on any atom is 0.179 e. The zero-order valence-electron chi connectivity index (χ0n) is 10.9. The molecule has 5 heteroatoms. The maximum absolute atomic E-state index is 6.33.